The van der Waals surface area contributed by atoms with Gasteiger partial charge in [-0.15, -0.1) is 0 Å². The van der Waals surface area contributed by atoms with Crippen LogP contribution in [0.1, 0.15) is 96.1 Å². The first-order chi connectivity index (χ1) is 25.0. The van der Waals surface area contributed by atoms with Crippen LogP contribution in [0.3, 0.4) is 0 Å². The van der Waals surface area contributed by atoms with E-state index in [0.717, 1.165) is 62.7 Å². The van der Waals surface area contributed by atoms with Crippen LogP contribution in [0.5, 0.6) is 28.7 Å². The Balaban J connectivity index is 1.61. The van der Waals surface area contributed by atoms with E-state index in [2.05, 4.69) is 32.2 Å². The number of anilines is 1. The van der Waals surface area contributed by atoms with Gasteiger partial charge in [0, 0.05) is 73.9 Å². The van der Waals surface area contributed by atoms with Crippen molar-refractivity contribution in [3.63, 3.8) is 0 Å². The second-order valence-electron chi connectivity index (χ2n) is 15.7. The summed E-state index contributed by atoms with van der Waals surface area (Å²) in [5.41, 5.74) is 2.88. The number of rotatable bonds is 7. The van der Waals surface area contributed by atoms with E-state index in [4.69, 9.17) is 19.2 Å². The molecule has 8 rings (SSSR count). The van der Waals surface area contributed by atoms with Gasteiger partial charge >= 0.3 is 0 Å². The van der Waals surface area contributed by atoms with Crippen molar-refractivity contribution < 1.29 is 24.4 Å². The highest BCUT2D eigenvalue weighted by molar-refractivity contribution is 6.40. The molecule has 2 fully saturated rings. The lowest BCUT2D eigenvalue weighted by Gasteiger charge is -2.30. The summed E-state index contributed by atoms with van der Waals surface area (Å²) in [6, 6.07) is 3.02. The van der Waals surface area contributed by atoms with Gasteiger partial charge in [-0.25, -0.2) is 0 Å². The van der Waals surface area contributed by atoms with Crippen molar-refractivity contribution in [2.24, 2.45) is 16.8 Å². The number of phenols is 2. The molecule has 1 unspecified atom stereocenters. The Morgan fingerprint density at radius 3 is 1.81 bits per heavy atom. The Hall–Kier alpha value is -4.79. The highest BCUT2D eigenvalue weighted by Gasteiger charge is 2.37. The van der Waals surface area contributed by atoms with Crippen molar-refractivity contribution in [3.05, 3.63) is 49.3 Å². The average Bonchev–Trinajstić information content (AvgIpc) is 3.25. The average molecular weight is 705 g/mol. The summed E-state index contributed by atoms with van der Waals surface area (Å²) in [7, 11) is 4.51. The number of ether oxygens (including phenoxy) is 3. The Morgan fingerprint density at radius 2 is 1.25 bits per heavy atom. The molecular weight excluding hydrogens is 656 g/mol. The first kappa shape index (κ1) is 34.3. The van der Waals surface area contributed by atoms with Crippen LogP contribution in [0.25, 0.3) is 49.2 Å². The van der Waals surface area contributed by atoms with Crippen LogP contribution in [-0.2, 0) is 0 Å². The van der Waals surface area contributed by atoms with E-state index in [-0.39, 0.29) is 57.0 Å². The molecule has 0 saturated heterocycles. The summed E-state index contributed by atoms with van der Waals surface area (Å²) in [6.07, 6.45) is 10.3. The van der Waals surface area contributed by atoms with E-state index in [9.17, 15) is 19.8 Å². The van der Waals surface area contributed by atoms with Gasteiger partial charge in [0.1, 0.15) is 11.5 Å². The number of benzene rings is 5. The fourth-order valence-corrected chi connectivity index (χ4v) is 9.77. The molecule has 5 aromatic rings. The number of aliphatic imine (C=N–C) groups is 1. The molecule has 1 atom stereocenters. The molecule has 9 heteroatoms. The van der Waals surface area contributed by atoms with E-state index >= 15 is 0 Å². The van der Waals surface area contributed by atoms with Crippen LogP contribution >= 0.6 is 0 Å². The molecule has 0 amide bonds. The number of allylic oxidation sites excluding steroid dienone is 1. The zero-order valence-electron chi connectivity index (χ0n) is 31.2. The normalized spacial score (nSPS) is 23.8. The molecule has 2 saturated carbocycles. The molecule has 5 aromatic carbocycles. The maximum Gasteiger partial charge on any atom is 0.194 e. The Morgan fingerprint density at radius 1 is 0.712 bits per heavy atom. The molecule has 9 nitrogen and oxygen atoms in total. The van der Waals surface area contributed by atoms with Crippen molar-refractivity contribution in [2.75, 3.05) is 26.6 Å². The van der Waals surface area contributed by atoms with Crippen molar-refractivity contribution in [1.82, 2.24) is 0 Å². The monoisotopic (exact) mass is 704 g/mol. The minimum Gasteiger partial charge on any atom is -0.505 e. The molecule has 0 bridgehead atoms. The van der Waals surface area contributed by atoms with Gasteiger partial charge in [-0.3, -0.25) is 14.6 Å². The van der Waals surface area contributed by atoms with Crippen molar-refractivity contribution in [3.8, 4) is 28.7 Å². The van der Waals surface area contributed by atoms with Crippen molar-refractivity contribution in [1.29, 1.82) is 0 Å². The summed E-state index contributed by atoms with van der Waals surface area (Å²) >= 11 is 0. The van der Waals surface area contributed by atoms with E-state index in [1.54, 1.807) is 0 Å². The van der Waals surface area contributed by atoms with Gasteiger partial charge in [0.15, 0.2) is 28.1 Å². The Labute approximate surface area is 303 Å². The number of aromatic hydroxyl groups is 2. The van der Waals surface area contributed by atoms with Crippen LogP contribution in [0.2, 0.25) is 0 Å². The third-order valence-corrected chi connectivity index (χ3v) is 12.4. The zero-order chi connectivity index (χ0) is 36.7. The quantitative estimate of drug-likeness (QED) is 0.0664. The van der Waals surface area contributed by atoms with Crippen LogP contribution < -0.4 is 30.4 Å². The minimum absolute atomic E-state index is 0.0960. The predicted molar refractivity (Wildman–Crippen MR) is 210 cm³/mol. The van der Waals surface area contributed by atoms with Gasteiger partial charge in [-0.1, -0.05) is 25.5 Å². The van der Waals surface area contributed by atoms with E-state index in [1.165, 1.54) is 33.5 Å². The molecule has 272 valence electrons. The number of nitrogens with one attached hydrogen (secondary N) is 1. The minimum atomic E-state index is -0.444. The summed E-state index contributed by atoms with van der Waals surface area (Å²) < 4.78 is 17.9. The number of hydrogen-bond acceptors (Lipinski definition) is 9. The number of hydrogen-bond donors (Lipinski definition) is 3. The Kier molecular flexibility index (Phi) is 8.38. The van der Waals surface area contributed by atoms with Crippen LogP contribution in [0.4, 0.5) is 5.69 Å². The standard InChI is InChI=1S/C43H48N2O7/c1-19-8-12-23(13-9-19)44-22(4)30-21(3)16-25-31-36-32(41(48)40(25)45-24-14-10-20(2)11-15-24)26(46)17-28(50-5)34(36)35-29(51-6)18-27(47)33-38(35)37(31)39(30)43(52-7)42(33)49/h16-20,23-24,30,45,48-49H,8-15H2,1-7H3. The van der Waals surface area contributed by atoms with Crippen LogP contribution in [-0.4, -0.2) is 49.3 Å². The fourth-order valence-electron chi connectivity index (χ4n) is 9.77. The predicted octanol–water partition coefficient (Wildman–Crippen LogP) is 8.86. The number of fused-ring (bicyclic) bond motifs is 1. The number of phenolic OH excluding ortho intramolecular Hbond substituents is 2. The lowest BCUT2D eigenvalue weighted by atomic mass is 9.80. The first-order valence-electron chi connectivity index (χ1n) is 18.7. The lowest BCUT2D eigenvalue weighted by Crippen LogP contribution is -2.25. The molecule has 0 aromatic heterocycles. The van der Waals surface area contributed by atoms with Gasteiger partial charge in [0.2, 0.25) is 0 Å². The largest absolute Gasteiger partial charge is 0.505 e. The molecule has 0 spiro atoms. The smallest absolute Gasteiger partial charge is 0.194 e. The van der Waals surface area contributed by atoms with E-state index < -0.39 is 11.3 Å². The zero-order valence-corrected chi connectivity index (χ0v) is 31.2. The van der Waals surface area contributed by atoms with Crippen molar-refractivity contribution >= 4 is 60.6 Å². The van der Waals surface area contributed by atoms with E-state index in [0.29, 0.717) is 61.0 Å². The second kappa shape index (κ2) is 12.7. The van der Waals surface area contributed by atoms with Gasteiger partial charge in [-0.2, -0.15) is 0 Å². The Bertz CT molecular complexity index is 2440. The molecule has 0 heterocycles. The molecule has 52 heavy (non-hydrogen) atoms. The fraction of sp³-hybridized carbons (Fsp3) is 0.465. The molecule has 3 N–H and O–H groups in total. The van der Waals surface area contributed by atoms with Crippen LogP contribution in [0, 0.1) is 11.8 Å². The molecule has 0 radical (unpaired) electrons. The van der Waals surface area contributed by atoms with Gasteiger partial charge < -0.3 is 29.7 Å². The third kappa shape index (κ3) is 4.98. The maximum atomic E-state index is 14.2. The first-order valence-corrected chi connectivity index (χ1v) is 18.7. The van der Waals surface area contributed by atoms with Gasteiger partial charge in [0.25, 0.3) is 0 Å². The summed E-state index contributed by atoms with van der Waals surface area (Å²) in [5, 5.41) is 31.8. The van der Waals surface area contributed by atoms with Crippen molar-refractivity contribution in [2.45, 2.75) is 97.1 Å². The summed E-state index contributed by atoms with van der Waals surface area (Å²) in [6.45, 7) is 8.65. The number of nitrogens with zero attached hydrogens (tertiary/aromatic N) is 1. The summed E-state index contributed by atoms with van der Waals surface area (Å²) in [4.78, 5) is 33.6. The van der Waals surface area contributed by atoms with Crippen LogP contribution in [0.15, 0.2) is 32.3 Å². The third-order valence-electron chi connectivity index (χ3n) is 12.4. The molecule has 3 aliphatic carbocycles. The van der Waals surface area contributed by atoms with Gasteiger partial charge in [-0.05, 0) is 82.4 Å². The second-order valence-corrected chi connectivity index (χ2v) is 15.7. The highest BCUT2D eigenvalue weighted by atomic mass is 16.5. The summed E-state index contributed by atoms with van der Waals surface area (Å²) in [5.74, 6) is 1.25. The molecule has 3 aliphatic rings. The molecule has 0 aliphatic heterocycles. The van der Waals surface area contributed by atoms with E-state index in [1.807, 2.05) is 6.92 Å². The maximum absolute atomic E-state index is 14.2. The molecular formula is C43H48N2O7. The number of methoxy groups -OCH3 is 3. The topological polar surface area (TPSA) is 127 Å². The highest BCUT2D eigenvalue weighted by Crippen LogP contribution is 2.58. The van der Waals surface area contributed by atoms with Gasteiger partial charge in [0.05, 0.1) is 37.8 Å². The SMILES string of the molecule is COc1c(O)c2c(=O)cc(OC)c3c4c(OC)cc(=O)c5c(O)c(NC6CCC(C)CC6)c6c(c(c1C(C(C)=NC1CCC(C)CC1)C(C)=C6)c23)c54. The lowest BCUT2D eigenvalue weighted by molar-refractivity contribution is 0.349.